The Labute approximate surface area is 413 Å². The topological polar surface area (TPSA) is 201 Å². The van der Waals surface area contributed by atoms with E-state index in [1.165, 1.54) is 48.4 Å². The number of nitrogens with zero attached hydrogens (tertiary/aromatic N) is 4. The quantitative estimate of drug-likeness (QED) is 0.0605. The second-order valence-electron chi connectivity index (χ2n) is 21.1. The van der Waals surface area contributed by atoms with Gasteiger partial charge in [-0.3, -0.25) is 19.8 Å². The van der Waals surface area contributed by atoms with Crippen LogP contribution in [0.3, 0.4) is 0 Å². The lowest BCUT2D eigenvalue weighted by Gasteiger charge is -2.56. The molecule has 1 spiro atoms. The molecule has 2 saturated heterocycles. The fourth-order valence-electron chi connectivity index (χ4n) is 11.9. The standard InChI is InChI=1S/C53H64FN7O9S/c1-5-23-68-51-47(27-40-41(54)30-55-49(40)57-51)70-45-24-34(59-21-18-53(19-22-59)28-35(29-53)60-20-8-11-43(60)38-10-7-6-9-37(38)32(2)3)12-13-39(45)50(62)58-71(66,67)36-25-44(61(64)65)48-46(26-36)69-31-42(56-48)33-14-16-52(4,63)17-15-33/h6-7,9-10,12-13,24-27,30,32-33,35,42-43,56,63H,5,8,11,14-23,28-29,31H2,1-4H3,(H,55,57)(H,58,62)/t33?,42-,43+,52?/m1/s1. The number of amides is 1. The number of fused-ring (bicyclic) bond motifs is 2. The van der Waals surface area contributed by atoms with E-state index in [2.05, 4.69) is 67.9 Å². The number of carbonyl (C=O) groups is 1. The normalized spacial score (nSPS) is 23.5. The highest BCUT2D eigenvalue weighted by Gasteiger charge is 2.50. The van der Waals surface area contributed by atoms with Crippen molar-refractivity contribution in [3.8, 4) is 23.1 Å². The summed E-state index contributed by atoms with van der Waals surface area (Å²) < 4.78 is 63.7. The van der Waals surface area contributed by atoms with Crippen molar-refractivity contribution in [1.82, 2.24) is 19.6 Å². The first-order valence-electron chi connectivity index (χ1n) is 25.2. The number of pyridine rings is 1. The highest BCUT2D eigenvalue weighted by Crippen LogP contribution is 2.54. The molecule has 4 N–H and O–H groups in total. The van der Waals surface area contributed by atoms with E-state index in [9.17, 15) is 28.4 Å². The molecule has 5 heterocycles. The average molecular weight is 994 g/mol. The lowest BCUT2D eigenvalue weighted by atomic mass is 9.59. The summed E-state index contributed by atoms with van der Waals surface area (Å²) in [6, 6.07) is 18.0. The van der Waals surface area contributed by atoms with E-state index in [-0.39, 0.29) is 76.0 Å². The molecule has 2 aromatic heterocycles. The van der Waals surface area contributed by atoms with E-state index < -0.39 is 42.9 Å². The van der Waals surface area contributed by atoms with Crippen LogP contribution in [0.25, 0.3) is 11.0 Å². The van der Waals surface area contributed by atoms with Crippen LogP contribution >= 0.6 is 0 Å². The molecular weight excluding hydrogens is 930 g/mol. The number of rotatable bonds is 14. The van der Waals surface area contributed by atoms with E-state index in [0.717, 1.165) is 57.1 Å². The molecule has 71 heavy (non-hydrogen) atoms. The number of likely N-dealkylation sites (tertiary alicyclic amines) is 1. The van der Waals surface area contributed by atoms with E-state index in [1.807, 2.05) is 6.92 Å². The summed E-state index contributed by atoms with van der Waals surface area (Å²) in [5, 5.41) is 26.3. The summed E-state index contributed by atoms with van der Waals surface area (Å²) in [4.78, 5) is 37.8. The Bertz CT molecular complexity index is 2940. The largest absolute Gasteiger partial charge is 0.489 e. The number of nitrogens with one attached hydrogen (secondary N) is 3. The third kappa shape index (κ3) is 9.74. The van der Waals surface area contributed by atoms with Crippen LogP contribution in [0, 0.1) is 27.3 Å². The van der Waals surface area contributed by atoms with E-state index in [4.69, 9.17) is 14.2 Å². The third-order valence-corrected chi connectivity index (χ3v) is 17.2. The first-order chi connectivity index (χ1) is 34.0. The number of nitro groups is 1. The Kier molecular flexibility index (Phi) is 13.2. The first kappa shape index (κ1) is 48.6. The summed E-state index contributed by atoms with van der Waals surface area (Å²) in [6.07, 6.45) is 11.0. The maximum Gasteiger partial charge on any atom is 0.297 e. The first-order valence-corrected chi connectivity index (χ1v) is 26.7. The Morgan fingerprint density at radius 1 is 1.04 bits per heavy atom. The number of halogens is 1. The molecule has 2 atom stereocenters. The van der Waals surface area contributed by atoms with Crippen molar-refractivity contribution < 1.29 is 41.8 Å². The van der Waals surface area contributed by atoms with Crippen LogP contribution in [0.5, 0.6) is 23.1 Å². The minimum absolute atomic E-state index is 0.0136. The van der Waals surface area contributed by atoms with E-state index >= 15 is 4.39 Å². The van der Waals surface area contributed by atoms with Gasteiger partial charge in [0.2, 0.25) is 0 Å². The lowest BCUT2D eigenvalue weighted by Crippen LogP contribution is -2.54. The number of hydrogen-bond acceptors (Lipinski definition) is 13. The van der Waals surface area contributed by atoms with Crippen LogP contribution < -0.4 is 29.1 Å². The van der Waals surface area contributed by atoms with Crippen LogP contribution in [0.2, 0.25) is 0 Å². The maximum absolute atomic E-state index is 15.0. The van der Waals surface area contributed by atoms with Gasteiger partial charge in [0.1, 0.15) is 23.8 Å². The number of benzene rings is 3. The average Bonchev–Trinajstić information content (AvgIpc) is 3.97. The number of aromatic amines is 1. The van der Waals surface area contributed by atoms with E-state index in [0.29, 0.717) is 50.1 Å². The van der Waals surface area contributed by atoms with Gasteiger partial charge in [0.15, 0.2) is 17.2 Å². The van der Waals surface area contributed by atoms with Crippen LogP contribution in [-0.2, 0) is 10.0 Å². The number of aliphatic hydroxyl groups is 1. The van der Waals surface area contributed by atoms with Gasteiger partial charge < -0.3 is 34.5 Å². The number of aromatic nitrogens is 2. The van der Waals surface area contributed by atoms with Gasteiger partial charge in [-0.2, -0.15) is 4.98 Å². The predicted octanol–water partition coefficient (Wildman–Crippen LogP) is 10.1. The fourth-order valence-corrected chi connectivity index (χ4v) is 12.9. The second-order valence-corrected chi connectivity index (χ2v) is 22.8. The second kappa shape index (κ2) is 19.2. The number of piperidine rings is 1. The monoisotopic (exact) mass is 993 g/mol. The van der Waals surface area contributed by atoms with Gasteiger partial charge in [-0.25, -0.2) is 17.5 Å². The zero-order valence-electron chi connectivity index (χ0n) is 40.8. The summed E-state index contributed by atoms with van der Waals surface area (Å²) in [5.74, 6) is -1.09. The van der Waals surface area contributed by atoms with Gasteiger partial charge in [0, 0.05) is 61.3 Å². The van der Waals surface area contributed by atoms with Crippen molar-refractivity contribution in [3.05, 3.63) is 99.5 Å². The molecule has 2 saturated carbocycles. The summed E-state index contributed by atoms with van der Waals surface area (Å²) in [5.41, 5.74) is 2.72. The maximum atomic E-state index is 15.0. The number of carbonyl (C=O) groups excluding carboxylic acids is 1. The Morgan fingerprint density at radius 2 is 1.80 bits per heavy atom. The predicted molar refractivity (Wildman–Crippen MR) is 268 cm³/mol. The highest BCUT2D eigenvalue weighted by molar-refractivity contribution is 7.90. The fraction of sp³-hybridized carbons (Fsp3) is 0.509. The zero-order valence-corrected chi connectivity index (χ0v) is 41.7. The number of hydrogen-bond donors (Lipinski definition) is 4. The van der Waals surface area contributed by atoms with Crippen molar-refractivity contribution in [2.24, 2.45) is 11.3 Å². The SMILES string of the molecule is CCCOc1nc2[nH]cc(F)c2cc1Oc1cc(N2CCC3(CC2)CC(N2CCC[C@H]2c2ccccc2C(C)C)C3)ccc1C(=O)NS(=O)(=O)c1cc2c(c([N+](=O)[O-])c1)N[C@@H](C1CCC(C)(O)CC1)CO2. The lowest BCUT2D eigenvalue weighted by molar-refractivity contribution is -0.384. The minimum atomic E-state index is -4.76. The van der Waals surface area contributed by atoms with Crippen molar-refractivity contribution in [1.29, 1.82) is 0 Å². The Hall–Kier alpha value is -5.98. The van der Waals surface area contributed by atoms with Crippen LogP contribution in [0.15, 0.2) is 71.8 Å². The molecule has 0 unspecified atom stereocenters. The minimum Gasteiger partial charge on any atom is -0.489 e. The molecule has 18 heteroatoms. The molecule has 0 bridgehead atoms. The van der Waals surface area contributed by atoms with Crippen molar-refractivity contribution in [3.63, 3.8) is 0 Å². The molecule has 5 aliphatic rings. The summed E-state index contributed by atoms with van der Waals surface area (Å²) in [6.45, 7) is 11.3. The van der Waals surface area contributed by atoms with Crippen molar-refractivity contribution >= 4 is 44.0 Å². The van der Waals surface area contributed by atoms with Crippen LogP contribution in [0.1, 0.15) is 132 Å². The third-order valence-electron chi connectivity index (χ3n) is 15.9. The molecule has 3 aromatic carbocycles. The molecule has 16 nitrogen and oxygen atoms in total. The van der Waals surface area contributed by atoms with Crippen molar-refractivity contribution in [2.75, 3.05) is 43.1 Å². The Morgan fingerprint density at radius 3 is 2.54 bits per heavy atom. The molecule has 2 aliphatic carbocycles. The molecule has 10 rings (SSSR count). The number of nitro benzene ring substituents is 1. The number of sulfonamides is 1. The zero-order chi connectivity index (χ0) is 49.8. The van der Waals surface area contributed by atoms with Gasteiger partial charge in [0.25, 0.3) is 27.5 Å². The highest BCUT2D eigenvalue weighted by atomic mass is 32.2. The molecule has 0 radical (unpaired) electrons. The molecule has 1 amide bonds. The van der Waals surface area contributed by atoms with Crippen LogP contribution in [0.4, 0.5) is 21.5 Å². The molecule has 4 fully saturated rings. The van der Waals surface area contributed by atoms with Crippen molar-refractivity contribution in [2.45, 2.75) is 133 Å². The van der Waals surface area contributed by atoms with Gasteiger partial charge in [-0.05, 0) is 125 Å². The number of anilines is 2. The van der Waals surface area contributed by atoms with Gasteiger partial charge in [-0.1, -0.05) is 45.0 Å². The molecule has 5 aromatic rings. The molecular formula is C53H64FN7O9S. The number of H-pyrrole nitrogens is 1. The van der Waals surface area contributed by atoms with E-state index in [1.54, 1.807) is 19.1 Å². The molecule has 3 aliphatic heterocycles. The number of ether oxygens (including phenoxy) is 3. The summed E-state index contributed by atoms with van der Waals surface area (Å²) in [7, 11) is -4.76. The summed E-state index contributed by atoms with van der Waals surface area (Å²) >= 11 is 0. The molecule has 378 valence electrons. The van der Waals surface area contributed by atoms with Crippen LogP contribution in [-0.4, -0.2) is 89.8 Å². The van der Waals surface area contributed by atoms with Gasteiger partial charge >= 0.3 is 0 Å². The Balaban J connectivity index is 0.895. The smallest absolute Gasteiger partial charge is 0.297 e. The van der Waals surface area contributed by atoms with Gasteiger partial charge in [0.05, 0.1) is 39.0 Å². The van der Waals surface area contributed by atoms with Gasteiger partial charge in [-0.15, -0.1) is 0 Å².